The SMILES string of the molecule is Cc1ccccc1C(=O)NCC(=O)NNC(=O)c1cc(Br)c[nH]1. The van der Waals surface area contributed by atoms with Crippen LogP contribution in [-0.4, -0.2) is 29.3 Å². The van der Waals surface area contributed by atoms with E-state index in [1.807, 2.05) is 19.1 Å². The largest absolute Gasteiger partial charge is 0.356 e. The second kappa shape index (κ2) is 7.59. The first-order valence-electron chi connectivity index (χ1n) is 6.74. The van der Waals surface area contributed by atoms with Crippen molar-refractivity contribution in [2.24, 2.45) is 0 Å². The molecule has 2 aromatic rings. The molecule has 1 aromatic carbocycles. The number of aromatic amines is 1. The average Bonchev–Trinajstić information content (AvgIpc) is 2.97. The highest BCUT2D eigenvalue weighted by atomic mass is 79.9. The molecule has 0 bridgehead atoms. The molecule has 1 heterocycles. The molecular formula is C15H15BrN4O3. The molecular weight excluding hydrogens is 364 g/mol. The van der Waals surface area contributed by atoms with Crippen LogP contribution in [0.15, 0.2) is 41.0 Å². The van der Waals surface area contributed by atoms with E-state index in [2.05, 4.69) is 37.1 Å². The van der Waals surface area contributed by atoms with E-state index in [1.165, 1.54) is 0 Å². The summed E-state index contributed by atoms with van der Waals surface area (Å²) in [5.41, 5.74) is 6.08. The van der Waals surface area contributed by atoms with Crippen LogP contribution in [0.25, 0.3) is 0 Å². The molecule has 8 heteroatoms. The Bertz CT molecular complexity index is 742. The van der Waals surface area contributed by atoms with Gasteiger partial charge in [0.05, 0.1) is 6.54 Å². The monoisotopic (exact) mass is 378 g/mol. The molecule has 0 aliphatic heterocycles. The Hall–Kier alpha value is -2.61. The number of hydrogen-bond acceptors (Lipinski definition) is 3. The van der Waals surface area contributed by atoms with E-state index in [0.29, 0.717) is 11.3 Å². The number of nitrogens with one attached hydrogen (secondary N) is 4. The van der Waals surface area contributed by atoms with Crippen molar-refractivity contribution in [2.45, 2.75) is 6.92 Å². The van der Waals surface area contributed by atoms with Gasteiger partial charge in [0.15, 0.2) is 0 Å². The van der Waals surface area contributed by atoms with Gasteiger partial charge in [0, 0.05) is 16.2 Å². The summed E-state index contributed by atoms with van der Waals surface area (Å²) in [4.78, 5) is 38.0. The van der Waals surface area contributed by atoms with Crippen molar-refractivity contribution in [1.29, 1.82) is 0 Å². The molecule has 4 N–H and O–H groups in total. The fraction of sp³-hybridized carbons (Fsp3) is 0.133. The summed E-state index contributed by atoms with van der Waals surface area (Å²) in [7, 11) is 0. The van der Waals surface area contributed by atoms with Crippen molar-refractivity contribution in [2.75, 3.05) is 6.54 Å². The van der Waals surface area contributed by atoms with Crippen molar-refractivity contribution in [1.82, 2.24) is 21.2 Å². The lowest BCUT2D eigenvalue weighted by atomic mass is 10.1. The molecule has 120 valence electrons. The van der Waals surface area contributed by atoms with E-state index in [0.717, 1.165) is 10.0 Å². The third-order valence-corrected chi connectivity index (χ3v) is 3.46. The minimum atomic E-state index is -0.536. The number of hydrazine groups is 1. The molecule has 2 rings (SSSR count). The van der Waals surface area contributed by atoms with Gasteiger partial charge in [-0.25, -0.2) is 0 Å². The van der Waals surface area contributed by atoms with Gasteiger partial charge in [-0.05, 0) is 40.5 Å². The second-order valence-corrected chi connectivity index (χ2v) is 5.65. The van der Waals surface area contributed by atoms with Crippen LogP contribution in [0, 0.1) is 6.92 Å². The molecule has 0 unspecified atom stereocenters. The van der Waals surface area contributed by atoms with E-state index in [4.69, 9.17) is 0 Å². The smallest absolute Gasteiger partial charge is 0.286 e. The number of aryl methyl sites for hydroxylation is 1. The van der Waals surface area contributed by atoms with E-state index in [9.17, 15) is 14.4 Å². The maximum atomic E-state index is 11.9. The van der Waals surface area contributed by atoms with Crippen LogP contribution in [0.2, 0.25) is 0 Å². The average molecular weight is 379 g/mol. The molecule has 0 aliphatic rings. The number of benzene rings is 1. The minimum absolute atomic E-state index is 0.248. The summed E-state index contributed by atoms with van der Waals surface area (Å²) < 4.78 is 0.722. The standard InChI is InChI=1S/C15H15BrN4O3/c1-9-4-2-3-5-11(9)14(22)18-8-13(21)19-20-15(23)12-6-10(16)7-17-12/h2-7,17H,8H2,1H3,(H,18,22)(H,19,21)(H,20,23). The van der Waals surface area contributed by atoms with Crippen LogP contribution >= 0.6 is 15.9 Å². The number of rotatable bonds is 4. The van der Waals surface area contributed by atoms with Crippen LogP contribution in [0.4, 0.5) is 0 Å². The molecule has 0 atom stereocenters. The molecule has 0 fully saturated rings. The zero-order valence-electron chi connectivity index (χ0n) is 12.3. The van der Waals surface area contributed by atoms with Gasteiger partial charge >= 0.3 is 0 Å². The minimum Gasteiger partial charge on any atom is -0.356 e. The topological polar surface area (TPSA) is 103 Å². The summed E-state index contributed by atoms with van der Waals surface area (Å²) >= 11 is 3.20. The fourth-order valence-electron chi connectivity index (χ4n) is 1.82. The lowest BCUT2D eigenvalue weighted by molar-refractivity contribution is -0.120. The zero-order valence-corrected chi connectivity index (χ0v) is 13.9. The highest BCUT2D eigenvalue weighted by molar-refractivity contribution is 9.10. The van der Waals surface area contributed by atoms with Crippen molar-refractivity contribution >= 4 is 33.7 Å². The summed E-state index contributed by atoms with van der Waals surface area (Å²) in [6.07, 6.45) is 1.60. The lowest BCUT2D eigenvalue weighted by Gasteiger charge is -2.09. The number of carbonyl (C=O) groups excluding carboxylic acids is 3. The first-order valence-corrected chi connectivity index (χ1v) is 7.53. The molecule has 0 spiro atoms. The Kier molecular flexibility index (Phi) is 5.53. The van der Waals surface area contributed by atoms with E-state index in [-0.39, 0.29) is 12.5 Å². The maximum Gasteiger partial charge on any atom is 0.286 e. The molecule has 7 nitrogen and oxygen atoms in total. The second-order valence-electron chi connectivity index (χ2n) is 4.73. The third kappa shape index (κ3) is 4.68. The van der Waals surface area contributed by atoms with E-state index >= 15 is 0 Å². The summed E-state index contributed by atoms with van der Waals surface area (Å²) in [6, 6.07) is 8.63. The fourth-order valence-corrected chi connectivity index (χ4v) is 2.16. The van der Waals surface area contributed by atoms with Gasteiger partial charge in [-0.2, -0.15) is 0 Å². The van der Waals surface area contributed by atoms with Crippen molar-refractivity contribution in [3.63, 3.8) is 0 Å². The molecule has 23 heavy (non-hydrogen) atoms. The number of amides is 3. The number of aromatic nitrogens is 1. The molecule has 3 amide bonds. The quantitative estimate of drug-likeness (QED) is 0.602. The van der Waals surface area contributed by atoms with Gasteiger partial charge < -0.3 is 10.3 Å². The Labute approximate surface area is 140 Å². The first kappa shape index (κ1) is 16.8. The molecule has 0 aliphatic carbocycles. The summed E-state index contributed by atoms with van der Waals surface area (Å²) in [5.74, 6) is -1.38. The van der Waals surface area contributed by atoms with E-state index < -0.39 is 11.8 Å². The number of carbonyl (C=O) groups is 3. The van der Waals surface area contributed by atoms with Crippen LogP contribution in [-0.2, 0) is 4.79 Å². The van der Waals surface area contributed by atoms with Gasteiger partial charge in [0.25, 0.3) is 17.7 Å². The number of halogens is 1. The zero-order chi connectivity index (χ0) is 16.8. The molecule has 0 saturated heterocycles. The van der Waals surface area contributed by atoms with Crippen molar-refractivity contribution < 1.29 is 14.4 Å². The highest BCUT2D eigenvalue weighted by Gasteiger charge is 2.11. The molecule has 1 aromatic heterocycles. The van der Waals surface area contributed by atoms with Crippen molar-refractivity contribution in [3.05, 3.63) is 57.8 Å². The summed E-state index contributed by atoms with van der Waals surface area (Å²) in [5, 5.41) is 2.49. The third-order valence-electron chi connectivity index (χ3n) is 3.01. The maximum absolute atomic E-state index is 11.9. The predicted octanol–water partition coefficient (Wildman–Crippen LogP) is 1.28. The van der Waals surface area contributed by atoms with Gasteiger partial charge in [-0.15, -0.1) is 0 Å². The van der Waals surface area contributed by atoms with Gasteiger partial charge in [-0.3, -0.25) is 25.2 Å². The first-order chi connectivity index (χ1) is 11.0. The number of H-pyrrole nitrogens is 1. The van der Waals surface area contributed by atoms with Gasteiger partial charge in [0.1, 0.15) is 5.69 Å². The Balaban J connectivity index is 1.78. The summed E-state index contributed by atoms with van der Waals surface area (Å²) in [6.45, 7) is 1.56. The van der Waals surface area contributed by atoms with Crippen LogP contribution in [0.1, 0.15) is 26.4 Å². The highest BCUT2D eigenvalue weighted by Crippen LogP contribution is 2.10. The Morgan fingerprint density at radius 3 is 2.52 bits per heavy atom. The molecule has 0 radical (unpaired) electrons. The van der Waals surface area contributed by atoms with Crippen molar-refractivity contribution in [3.8, 4) is 0 Å². The van der Waals surface area contributed by atoms with Gasteiger partial charge in [-0.1, -0.05) is 18.2 Å². The predicted molar refractivity (Wildman–Crippen MR) is 87.6 cm³/mol. The normalized spacial score (nSPS) is 10.0. The van der Waals surface area contributed by atoms with Crippen LogP contribution < -0.4 is 16.2 Å². The Morgan fingerprint density at radius 1 is 1.13 bits per heavy atom. The Morgan fingerprint density at radius 2 is 1.87 bits per heavy atom. The number of hydrogen-bond donors (Lipinski definition) is 4. The lowest BCUT2D eigenvalue weighted by Crippen LogP contribution is -2.46. The van der Waals surface area contributed by atoms with Crippen LogP contribution in [0.3, 0.4) is 0 Å². The van der Waals surface area contributed by atoms with E-state index in [1.54, 1.807) is 24.4 Å². The van der Waals surface area contributed by atoms with Gasteiger partial charge in [0.2, 0.25) is 0 Å². The van der Waals surface area contributed by atoms with Crippen LogP contribution in [0.5, 0.6) is 0 Å². The molecule has 0 saturated carbocycles.